The fourth-order valence-corrected chi connectivity index (χ4v) is 1.96. The molecule has 0 aromatic carbocycles. The number of methoxy groups -OCH3 is 2. The fraction of sp³-hybridized carbons (Fsp3) is 1.00. The second-order valence-corrected chi connectivity index (χ2v) is 5.44. The zero-order valence-electron chi connectivity index (χ0n) is 10.2. The van der Waals surface area contributed by atoms with Gasteiger partial charge in [-0.3, -0.25) is 4.55 Å². The van der Waals surface area contributed by atoms with Gasteiger partial charge in [-0.25, -0.2) is 0 Å². The lowest BCUT2D eigenvalue weighted by Crippen LogP contribution is -2.56. The Hall–Kier alpha value is -0.250. The summed E-state index contributed by atoms with van der Waals surface area (Å²) < 4.78 is 39.5. The van der Waals surface area contributed by atoms with Gasteiger partial charge in [0.2, 0.25) is 0 Å². The molecule has 0 rings (SSSR count). The molecule has 7 nitrogen and oxygen atoms in total. The van der Waals surface area contributed by atoms with E-state index in [0.29, 0.717) is 6.54 Å². The normalized spacial score (nSPS) is 12.9. The number of rotatable bonds is 10. The molecule has 0 saturated carbocycles. The maximum absolute atomic E-state index is 10.5. The van der Waals surface area contributed by atoms with Crippen LogP contribution < -0.4 is 5.32 Å². The van der Waals surface area contributed by atoms with Gasteiger partial charge in [-0.1, -0.05) is 0 Å². The quantitative estimate of drug-likeness (QED) is 0.341. The zero-order chi connectivity index (χ0) is 13.4. The van der Waals surface area contributed by atoms with Crippen molar-refractivity contribution in [3.05, 3.63) is 0 Å². The average Bonchev–Trinajstić information content (AvgIpc) is 2.23. The van der Waals surface area contributed by atoms with E-state index in [1.165, 1.54) is 14.2 Å². The van der Waals surface area contributed by atoms with Crippen LogP contribution in [0.15, 0.2) is 0 Å². The molecule has 0 saturated heterocycles. The number of aliphatic hydroxyl groups excluding tert-OH is 1. The fourth-order valence-electron chi connectivity index (χ4n) is 1.45. The number of nitrogens with one attached hydrogen (secondary N) is 1. The van der Waals surface area contributed by atoms with Crippen molar-refractivity contribution >= 4 is 10.1 Å². The van der Waals surface area contributed by atoms with Crippen LogP contribution in [0.2, 0.25) is 0 Å². The molecule has 0 heterocycles. The molecule has 0 aliphatic heterocycles. The van der Waals surface area contributed by atoms with Crippen molar-refractivity contribution in [2.45, 2.75) is 12.0 Å². The van der Waals surface area contributed by atoms with E-state index in [0.717, 1.165) is 0 Å². The Morgan fingerprint density at radius 2 is 1.76 bits per heavy atom. The van der Waals surface area contributed by atoms with Crippen molar-refractivity contribution in [3.8, 4) is 0 Å². The monoisotopic (exact) mass is 271 g/mol. The van der Waals surface area contributed by atoms with Crippen molar-refractivity contribution in [1.82, 2.24) is 5.32 Å². The molecule has 0 aliphatic rings. The van der Waals surface area contributed by atoms with E-state index >= 15 is 0 Å². The van der Waals surface area contributed by atoms with Crippen LogP contribution in [-0.2, 0) is 19.6 Å². The largest absolute Gasteiger partial charge is 0.394 e. The highest BCUT2D eigenvalue weighted by Gasteiger charge is 2.28. The summed E-state index contributed by atoms with van der Waals surface area (Å²) in [6.07, 6.45) is 0.244. The minimum absolute atomic E-state index is 0.194. The lowest BCUT2D eigenvalue weighted by atomic mass is 10.0. The molecule has 104 valence electrons. The summed E-state index contributed by atoms with van der Waals surface area (Å²) in [5, 5.41) is 12.3. The number of aliphatic hydroxyl groups is 1. The molecule has 0 aromatic heterocycles. The third-order valence-electron chi connectivity index (χ3n) is 2.22. The Morgan fingerprint density at radius 1 is 1.24 bits per heavy atom. The van der Waals surface area contributed by atoms with Crippen molar-refractivity contribution in [2.24, 2.45) is 0 Å². The molecule has 8 heteroatoms. The van der Waals surface area contributed by atoms with Gasteiger partial charge in [0, 0.05) is 14.2 Å². The highest BCUT2D eigenvalue weighted by Crippen LogP contribution is 2.05. The Balaban J connectivity index is 4.15. The number of ether oxygens (including phenoxy) is 2. The van der Waals surface area contributed by atoms with E-state index in [-0.39, 0.29) is 32.0 Å². The van der Waals surface area contributed by atoms with Crippen LogP contribution in [0.25, 0.3) is 0 Å². The summed E-state index contributed by atoms with van der Waals surface area (Å²) in [6.45, 7) is 0.611. The van der Waals surface area contributed by atoms with Crippen LogP contribution >= 0.6 is 0 Å². The molecule has 0 aliphatic carbocycles. The summed E-state index contributed by atoms with van der Waals surface area (Å²) in [5.41, 5.74) is -0.747. The minimum atomic E-state index is -3.94. The Kier molecular flexibility index (Phi) is 7.84. The predicted molar refractivity (Wildman–Crippen MR) is 62.6 cm³/mol. The van der Waals surface area contributed by atoms with E-state index in [2.05, 4.69) is 5.32 Å². The van der Waals surface area contributed by atoms with Gasteiger partial charge in [-0.2, -0.15) is 8.42 Å². The smallest absolute Gasteiger partial charge is 0.264 e. The van der Waals surface area contributed by atoms with Crippen molar-refractivity contribution in [3.63, 3.8) is 0 Å². The molecule has 0 fully saturated rings. The molecule has 0 amide bonds. The molecule has 17 heavy (non-hydrogen) atoms. The highest BCUT2D eigenvalue weighted by atomic mass is 32.2. The summed E-state index contributed by atoms with van der Waals surface area (Å²) in [6, 6.07) is 0. The number of hydrogen-bond acceptors (Lipinski definition) is 6. The topological polar surface area (TPSA) is 105 Å². The zero-order valence-corrected chi connectivity index (χ0v) is 11.0. The van der Waals surface area contributed by atoms with E-state index in [1.54, 1.807) is 0 Å². The summed E-state index contributed by atoms with van der Waals surface area (Å²) in [7, 11) is -0.938. The summed E-state index contributed by atoms with van der Waals surface area (Å²) >= 11 is 0. The Morgan fingerprint density at radius 3 is 2.12 bits per heavy atom. The van der Waals surface area contributed by atoms with Gasteiger partial charge < -0.3 is 19.9 Å². The third kappa shape index (κ3) is 7.63. The lowest BCUT2D eigenvalue weighted by Gasteiger charge is -2.31. The number of hydrogen-bond donors (Lipinski definition) is 3. The second kappa shape index (κ2) is 7.96. The predicted octanol–water partition coefficient (Wildman–Crippen LogP) is -1.12. The molecular weight excluding hydrogens is 250 g/mol. The van der Waals surface area contributed by atoms with Gasteiger partial charge in [0.05, 0.1) is 31.1 Å². The molecule has 0 bridgehead atoms. The van der Waals surface area contributed by atoms with Gasteiger partial charge in [0.1, 0.15) is 0 Å². The van der Waals surface area contributed by atoms with Crippen molar-refractivity contribution in [2.75, 3.05) is 46.3 Å². The van der Waals surface area contributed by atoms with E-state index in [9.17, 15) is 13.5 Å². The van der Waals surface area contributed by atoms with Gasteiger partial charge >= 0.3 is 0 Å². The maximum atomic E-state index is 10.5. The van der Waals surface area contributed by atoms with Gasteiger partial charge in [-0.15, -0.1) is 0 Å². The van der Waals surface area contributed by atoms with Crippen molar-refractivity contribution < 1.29 is 27.6 Å². The van der Waals surface area contributed by atoms with Crippen molar-refractivity contribution in [1.29, 1.82) is 0 Å². The summed E-state index contributed by atoms with van der Waals surface area (Å²) in [4.78, 5) is 0. The van der Waals surface area contributed by atoms with Gasteiger partial charge in [0.15, 0.2) is 0 Å². The maximum Gasteiger partial charge on any atom is 0.264 e. The standard InChI is InChI=1S/C9H21NO6S/c1-15-7-9(6-11,8-16-2)10-4-3-5-17(12,13)14/h10-11H,3-8H2,1-2H3,(H,12,13,14). The summed E-state index contributed by atoms with van der Waals surface area (Å²) in [5.74, 6) is -0.318. The molecule has 3 N–H and O–H groups in total. The van der Waals surface area contributed by atoms with Crippen LogP contribution in [0, 0.1) is 0 Å². The highest BCUT2D eigenvalue weighted by molar-refractivity contribution is 7.85. The van der Waals surface area contributed by atoms with E-state index in [4.69, 9.17) is 14.0 Å². The van der Waals surface area contributed by atoms with Crippen LogP contribution in [0.3, 0.4) is 0 Å². The second-order valence-electron chi connectivity index (χ2n) is 3.87. The Labute approximate surface area is 102 Å². The first-order valence-corrected chi connectivity index (χ1v) is 6.79. The lowest BCUT2D eigenvalue weighted by molar-refractivity contribution is 0.00804. The van der Waals surface area contributed by atoms with Crippen LogP contribution in [0.5, 0.6) is 0 Å². The SMILES string of the molecule is COCC(CO)(COC)NCCCS(=O)(=O)O. The first kappa shape index (κ1) is 16.8. The van der Waals surface area contributed by atoms with Gasteiger partial charge in [-0.05, 0) is 13.0 Å². The molecule has 0 spiro atoms. The molecule has 0 aromatic rings. The molecule has 0 unspecified atom stereocenters. The molecule has 0 atom stereocenters. The van der Waals surface area contributed by atoms with E-state index < -0.39 is 15.7 Å². The first-order chi connectivity index (χ1) is 7.89. The average molecular weight is 271 g/mol. The van der Waals surface area contributed by atoms with Gasteiger partial charge in [0.25, 0.3) is 10.1 Å². The first-order valence-electron chi connectivity index (χ1n) is 5.18. The van der Waals surface area contributed by atoms with E-state index in [1.807, 2.05) is 0 Å². The Bertz CT molecular complexity index is 286. The molecular formula is C9H21NO6S. The minimum Gasteiger partial charge on any atom is -0.394 e. The third-order valence-corrected chi connectivity index (χ3v) is 3.03. The van der Waals surface area contributed by atoms with Crippen LogP contribution in [0.4, 0.5) is 0 Å². The van der Waals surface area contributed by atoms with Crippen LogP contribution in [0.1, 0.15) is 6.42 Å². The molecule has 0 radical (unpaired) electrons. The van der Waals surface area contributed by atoms with Crippen LogP contribution in [-0.4, -0.2) is 70.0 Å².